The van der Waals surface area contributed by atoms with Gasteiger partial charge in [0.05, 0.1) is 18.7 Å². The Hall–Kier alpha value is -2.47. The van der Waals surface area contributed by atoms with Gasteiger partial charge in [-0.25, -0.2) is 0 Å². The molecule has 0 spiro atoms. The molecule has 2 N–H and O–H groups in total. The lowest BCUT2D eigenvalue weighted by Crippen LogP contribution is -2.28. The van der Waals surface area contributed by atoms with Crippen molar-refractivity contribution < 1.29 is 14.3 Å². The molecule has 152 valence electrons. The molecular formula is C21H27ClN2O4. The van der Waals surface area contributed by atoms with E-state index in [1.807, 2.05) is 19.9 Å². The summed E-state index contributed by atoms with van der Waals surface area (Å²) in [5.74, 6) is 0.967. The Morgan fingerprint density at radius 3 is 2.57 bits per heavy atom. The van der Waals surface area contributed by atoms with Crippen LogP contribution in [0.2, 0.25) is 5.02 Å². The molecule has 2 rings (SSSR count). The normalized spacial score (nSPS) is 10.8. The van der Waals surface area contributed by atoms with Crippen molar-refractivity contribution in [2.75, 3.05) is 13.7 Å². The quantitative estimate of drug-likeness (QED) is 0.694. The molecular weight excluding hydrogens is 380 g/mol. The number of aromatic nitrogens is 1. The number of ether oxygens (including phenoxy) is 2. The van der Waals surface area contributed by atoms with E-state index in [1.54, 1.807) is 6.07 Å². The molecule has 0 saturated carbocycles. The second kappa shape index (κ2) is 9.64. The molecule has 1 amide bonds. The van der Waals surface area contributed by atoms with Crippen molar-refractivity contribution in [3.63, 3.8) is 0 Å². The molecule has 0 aliphatic rings. The van der Waals surface area contributed by atoms with Crippen molar-refractivity contribution in [2.24, 2.45) is 5.92 Å². The summed E-state index contributed by atoms with van der Waals surface area (Å²) < 4.78 is 11.1. The van der Waals surface area contributed by atoms with Crippen LogP contribution in [0.4, 0.5) is 0 Å². The third-order valence-electron chi connectivity index (χ3n) is 4.35. The van der Waals surface area contributed by atoms with Gasteiger partial charge in [-0.05, 0) is 49.9 Å². The number of carbonyl (C=O) groups excluding carboxylic acids is 1. The second-order valence-corrected chi connectivity index (χ2v) is 7.55. The van der Waals surface area contributed by atoms with E-state index in [1.165, 1.54) is 13.2 Å². The number of rotatable bonds is 8. The number of aromatic amines is 1. The Morgan fingerprint density at radius 2 is 1.96 bits per heavy atom. The van der Waals surface area contributed by atoms with Crippen LogP contribution in [0.25, 0.3) is 0 Å². The third kappa shape index (κ3) is 5.52. The predicted molar refractivity (Wildman–Crippen MR) is 111 cm³/mol. The fourth-order valence-electron chi connectivity index (χ4n) is 2.76. The molecule has 0 fully saturated rings. The Kier molecular flexibility index (Phi) is 7.52. The Labute approximate surface area is 170 Å². The number of nitrogens with one attached hydrogen (secondary N) is 2. The van der Waals surface area contributed by atoms with Gasteiger partial charge in [0.15, 0.2) is 11.5 Å². The summed E-state index contributed by atoms with van der Waals surface area (Å²) in [5.41, 5.74) is 2.25. The van der Waals surface area contributed by atoms with Crippen LogP contribution in [0.1, 0.15) is 47.4 Å². The van der Waals surface area contributed by atoms with Crippen molar-refractivity contribution in [3.8, 4) is 11.5 Å². The van der Waals surface area contributed by atoms with Crippen molar-refractivity contribution in [1.29, 1.82) is 0 Å². The van der Waals surface area contributed by atoms with Crippen LogP contribution in [0.3, 0.4) is 0 Å². The second-order valence-electron chi connectivity index (χ2n) is 7.15. The topological polar surface area (TPSA) is 80.4 Å². The number of hydrogen-bond acceptors (Lipinski definition) is 4. The highest BCUT2D eigenvalue weighted by Gasteiger charge is 2.17. The van der Waals surface area contributed by atoms with E-state index < -0.39 is 0 Å². The highest BCUT2D eigenvalue weighted by Crippen LogP contribution is 2.36. The van der Waals surface area contributed by atoms with Crippen LogP contribution >= 0.6 is 11.6 Å². The summed E-state index contributed by atoms with van der Waals surface area (Å²) in [6.45, 7) is 8.50. The van der Waals surface area contributed by atoms with E-state index in [0.29, 0.717) is 40.2 Å². The number of hydrogen-bond donors (Lipinski definition) is 2. The summed E-state index contributed by atoms with van der Waals surface area (Å²) in [5, 5.41) is 3.06. The first-order valence-corrected chi connectivity index (χ1v) is 9.58. The van der Waals surface area contributed by atoms with Gasteiger partial charge >= 0.3 is 0 Å². The van der Waals surface area contributed by atoms with E-state index in [9.17, 15) is 9.59 Å². The molecule has 0 radical (unpaired) electrons. The first-order chi connectivity index (χ1) is 13.2. The van der Waals surface area contributed by atoms with Gasteiger partial charge in [-0.1, -0.05) is 25.4 Å². The standard InChI is InChI=1S/C21H27ClN2O4/c1-12(2)6-7-28-19-17(22)9-15(10-18(19)27-5)20(25)23-11-16-13(3)8-14(4)24-21(16)26/h8-10,12H,6-7,11H2,1-5H3,(H,23,25)(H,24,26). The maximum Gasteiger partial charge on any atom is 0.253 e. The van der Waals surface area contributed by atoms with Gasteiger partial charge in [0.2, 0.25) is 0 Å². The van der Waals surface area contributed by atoms with Gasteiger partial charge in [0.25, 0.3) is 11.5 Å². The Bertz CT molecular complexity index is 906. The van der Waals surface area contributed by atoms with E-state index in [-0.39, 0.29) is 18.0 Å². The van der Waals surface area contributed by atoms with Crippen LogP contribution < -0.4 is 20.3 Å². The molecule has 1 aromatic carbocycles. The van der Waals surface area contributed by atoms with E-state index in [0.717, 1.165) is 17.7 Å². The number of aryl methyl sites for hydroxylation is 2. The minimum absolute atomic E-state index is 0.118. The summed E-state index contributed by atoms with van der Waals surface area (Å²) >= 11 is 6.32. The third-order valence-corrected chi connectivity index (χ3v) is 4.63. The molecule has 1 aromatic heterocycles. The number of methoxy groups -OCH3 is 1. The maximum atomic E-state index is 12.6. The molecule has 0 unspecified atom stereocenters. The van der Waals surface area contributed by atoms with Gasteiger partial charge in [0.1, 0.15) is 0 Å². The molecule has 28 heavy (non-hydrogen) atoms. The Morgan fingerprint density at radius 1 is 1.25 bits per heavy atom. The number of halogens is 1. The minimum atomic E-state index is -0.353. The van der Waals surface area contributed by atoms with Crippen molar-refractivity contribution in [3.05, 3.63) is 56.0 Å². The first kappa shape index (κ1) is 21.8. The van der Waals surface area contributed by atoms with Gasteiger partial charge in [-0.3, -0.25) is 9.59 Å². The SMILES string of the molecule is COc1cc(C(=O)NCc2c(C)cc(C)[nH]c2=O)cc(Cl)c1OCCC(C)C. The van der Waals surface area contributed by atoms with Crippen molar-refractivity contribution in [1.82, 2.24) is 10.3 Å². The molecule has 6 nitrogen and oxygen atoms in total. The van der Waals surface area contributed by atoms with Gasteiger partial charge < -0.3 is 19.8 Å². The smallest absolute Gasteiger partial charge is 0.253 e. The number of amides is 1. The zero-order chi connectivity index (χ0) is 20.8. The summed E-state index contributed by atoms with van der Waals surface area (Å²) in [6, 6.07) is 4.99. The fraction of sp³-hybridized carbons (Fsp3) is 0.429. The Balaban J connectivity index is 2.15. The molecule has 2 aromatic rings. The monoisotopic (exact) mass is 406 g/mol. The van der Waals surface area contributed by atoms with E-state index in [2.05, 4.69) is 24.1 Å². The number of carbonyl (C=O) groups is 1. The number of pyridine rings is 1. The summed E-state index contributed by atoms with van der Waals surface area (Å²) in [7, 11) is 1.50. The lowest BCUT2D eigenvalue weighted by Gasteiger charge is -2.15. The highest BCUT2D eigenvalue weighted by molar-refractivity contribution is 6.32. The molecule has 0 bridgehead atoms. The number of H-pyrrole nitrogens is 1. The van der Waals surface area contributed by atoms with Crippen LogP contribution in [0.5, 0.6) is 11.5 Å². The maximum absolute atomic E-state index is 12.6. The predicted octanol–water partition coefficient (Wildman–Crippen LogP) is 4.01. The lowest BCUT2D eigenvalue weighted by atomic mass is 10.1. The van der Waals surface area contributed by atoms with Crippen LogP contribution in [0.15, 0.2) is 23.0 Å². The van der Waals surface area contributed by atoms with Crippen LogP contribution in [-0.2, 0) is 6.54 Å². The molecule has 0 saturated heterocycles. The van der Waals surface area contributed by atoms with Crippen LogP contribution in [-0.4, -0.2) is 24.6 Å². The first-order valence-electron chi connectivity index (χ1n) is 9.20. The largest absolute Gasteiger partial charge is 0.493 e. The average molecular weight is 407 g/mol. The zero-order valence-corrected chi connectivity index (χ0v) is 17.7. The van der Waals surface area contributed by atoms with Gasteiger partial charge in [0, 0.05) is 23.4 Å². The van der Waals surface area contributed by atoms with Crippen LogP contribution in [0, 0.1) is 19.8 Å². The minimum Gasteiger partial charge on any atom is -0.493 e. The molecule has 1 heterocycles. The number of benzene rings is 1. The summed E-state index contributed by atoms with van der Waals surface area (Å²) in [4.78, 5) is 27.4. The molecule has 0 aliphatic heterocycles. The van der Waals surface area contributed by atoms with Gasteiger partial charge in [-0.2, -0.15) is 0 Å². The average Bonchev–Trinajstić information content (AvgIpc) is 2.61. The van der Waals surface area contributed by atoms with Gasteiger partial charge in [-0.15, -0.1) is 0 Å². The molecule has 7 heteroatoms. The van der Waals surface area contributed by atoms with E-state index in [4.69, 9.17) is 21.1 Å². The lowest BCUT2D eigenvalue weighted by molar-refractivity contribution is 0.0950. The summed E-state index contributed by atoms with van der Waals surface area (Å²) in [6.07, 6.45) is 0.881. The van der Waals surface area contributed by atoms with Crippen molar-refractivity contribution >= 4 is 17.5 Å². The van der Waals surface area contributed by atoms with Crippen molar-refractivity contribution in [2.45, 2.75) is 40.7 Å². The molecule has 0 atom stereocenters. The molecule has 0 aliphatic carbocycles. The highest BCUT2D eigenvalue weighted by atomic mass is 35.5. The zero-order valence-electron chi connectivity index (χ0n) is 16.9. The van der Waals surface area contributed by atoms with E-state index >= 15 is 0 Å². The fourth-order valence-corrected chi connectivity index (χ4v) is 3.02.